The second-order valence-electron chi connectivity index (χ2n) is 6.71. The van der Waals surface area contributed by atoms with Crippen LogP contribution in [0.4, 0.5) is 0 Å². The molecule has 5 nitrogen and oxygen atoms in total. The Morgan fingerprint density at radius 2 is 1.89 bits per heavy atom. The van der Waals surface area contributed by atoms with Gasteiger partial charge in [0, 0.05) is 18.0 Å². The molecule has 1 aliphatic rings. The Morgan fingerprint density at radius 1 is 1.19 bits per heavy atom. The van der Waals surface area contributed by atoms with Crippen LogP contribution in [-0.2, 0) is 4.79 Å². The van der Waals surface area contributed by atoms with Gasteiger partial charge in [0.15, 0.2) is 5.16 Å². The summed E-state index contributed by atoms with van der Waals surface area (Å²) in [5.41, 5.74) is 1.70. The molecule has 7 heteroatoms. The summed E-state index contributed by atoms with van der Waals surface area (Å²) in [4.78, 5) is 34.3. The molecule has 1 amide bonds. The highest BCUT2D eigenvalue weighted by Crippen LogP contribution is 2.29. The SMILES string of the molecule is Cc1sc2nc(SCC(=O)N3CCCC3)n(-c3ccccc3)c(=O)c2c1C. The fourth-order valence-electron chi connectivity index (χ4n) is 3.36. The maximum atomic E-state index is 13.3. The molecular weight excluding hydrogens is 378 g/mol. The van der Waals surface area contributed by atoms with Gasteiger partial charge in [0.05, 0.1) is 16.8 Å². The number of aryl methyl sites for hydroxylation is 2. The lowest BCUT2D eigenvalue weighted by atomic mass is 10.2. The van der Waals surface area contributed by atoms with Crippen molar-refractivity contribution in [1.29, 1.82) is 0 Å². The molecule has 3 aromatic rings. The summed E-state index contributed by atoms with van der Waals surface area (Å²) in [5, 5.41) is 1.25. The van der Waals surface area contributed by atoms with Gasteiger partial charge in [-0.3, -0.25) is 14.2 Å². The predicted octanol–water partition coefficient (Wildman–Crippen LogP) is 3.78. The smallest absolute Gasteiger partial charge is 0.267 e. The summed E-state index contributed by atoms with van der Waals surface area (Å²) in [5.74, 6) is 0.415. The average Bonchev–Trinajstić information content (AvgIpc) is 3.29. The Labute approximate surface area is 166 Å². The fraction of sp³-hybridized carbons (Fsp3) is 0.350. The van der Waals surface area contributed by atoms with Crippen molar-refractivity contribution in [2.24, 2.45) is 0 Å². The van der Waals surface area contributed by atoms with Crippen molar-refractivity contribution >= 4 is 39.2 Å². The highest BCUT2D eigenvalue weighted by Gasteiger charge is 2.21. The van der Waals surface area contributed by atoms with Gasteiger partial charge in [-0.25, -0.2) is 4.98 Å². The molecule has 0 radical (unpaired) electrons. The Balaban J connectivity index is 1.78. The number of fused-ring (bicyclic) bond motifs is 1. The van der Waals surface area contributed by atoms with Gasteiger partial charge in [-0.2, -0.15) is 0 Å². The summed E-state index contributed by atoms with van der Waals surface area (Å²) in [6, 6.07) is 9.53. The van der Waals surface area contributed by atoms with Crippen molar-refractivity contribution in [2.45, 2.75) is 31.8 Å². The number of rotatable bonds is 4. The van der Waals surface area contributed by atoms with Gasteiger partial charge in [-0.1, -0.05) is 30.0 Å². The minimum Gasteiger partial charge on any atom is -0.342 e. The van der Waals surface area contributed by atoms with Crippen molar-refractivity contribution in [3.63, 3.8) is 0 Å². The number of carbonyl (C=O) groups excluding carboxylic acids is 1. The van der Waals surface area contributed by atoms with Crippen molar-refractivity contribution < 1.29 is 4.79 Å². The molecule has 0 saturated carbocycles. The second kappa shape index (κ2) is 7.48. The maximum Gasteiger partial charge on any atom is 0.267 e. The van der Waals surface area contributed by atoms with Gasteiger partial charge in [0.25, 0.3) is 5.56 Å². The van der Waals surface area contributed by atoms with Crippen molar-refractivity contribution in [2.75, 3.05) is 18.8 Å². The monoisotopic (exact) mass is 399 g/mol. The van der Waals surface area contributed by atoms with Crippen molar-refractivity contribution in [3.05, 3.63) is 51.1 Å². The maximum absolute atomic E-state index is 13.3. The molecule has 1 aromatic carbocycles. The van der Waals surface area contributed by atoms with Gasteiger partial charge in [-0.05, 0) is 44.4 Å². The number of amides is 1. The van der Waals surface area contributed by atoms with E-state index in [1.807, 2.05) is 49.1 Å². The molecule has 140 valence electrons. The molecule has 0 spiro atoms. The average molecular weight is 400 g/mol. The van der Waals surface area contributed by atoms with Crippen molar-refractivity contribution in [1.82, 2.24) is 14.5 Å². The first-order valence-electron chi connectivity index (χ1n) is 9.05. The third-order valence-electron chi connectivity index (χ3n) is 4.97. The molecule has 4 rings (SSSR count). The number of thiophene rings is 1. The Morgan fingerprint density at radius 3 is 2.59 bits per heavy atom. The van der Waals surface area contributed by atoms with Crippen LogP contribution in [0.2, 0.25) is 0 Å². The quantitative estimate of drug-likeness (QED) is 0.495. The van der Waals surface area contributed by atoms with E-state index in [4.69, 9.17) is 4.98 Å². The Hall–Kier alpha value is -2.12. The van der Waals surface area contributed by atoms with Gasteiger partial charge < -0.3 is 4.90 Å². The number of para-hydroxylation sites is 1. The minimum atomic E-state index is -0.0656. The summed E-state index contributed by atoms with van der Waals surface area (Å²) in [6.07, 6.45) is 2.15. The molecule has 1 aliphatic heterocycles. The van der Waals surface area contributed by atoms with Crippen LogP contribution in [0.5, 0.6) is 0 Å². The lowest BCUT2D eigenvalue weighted by Gasteiger charge is -2.16. The lowest BCUT2D eigenvalue weighted by molar-refractivity contribution is -0.127. The first-order chi connectivity index (χ1) is 13.1. The number of hydrogen-bond donors (Lipinski definition) is 0. The normalized spacial score (nSPS) is 14.2. The summed E-state index contributed by atoms with van der Waals surface area (Å²) < 4.78 is 1.64. The van der Waals surface area contributed by atoms with Gasteiger partial charge >= 0.3 is 0 Å². The largest absolute Gasteiger partial charge is 0.342 e. The van der Waals surface area contributed by atoms with Crippen LogP contribution in [0.3, 0.4) is 0 Å². The van der Waals surface area contributed by atoms with E-state index in [9.17, 15) is 9.59 Å². The lowest BCUT2D eigenvalue weighted by Crippen LogP contribution is -2.29. The third-order valence-corrected chi connectivity index (χ3v) is 6.99. The first kappa shape index (κ1) is 18.3. The minimum absolute atomic E-state index is 0.0656. The molecule has 2 aromatic heterocycles. The highest BCUT2D eigenvalue weighted by molar-refractivity contribution is 7.99. The summed E-state index contributed by atoms with van der Waals surface area (Å²) in [7, 11) is 0. The zero-order chi connectivity index (χ0) is 19.0. The molecule has 1 saturated heterocycles. The third kappa shape index (κ3) is 3.41. The van der Waals surface area contributed by atoms with Crippen LogP contribution in [0, 0.1) is 13.8 Å². The molecule has 0 bridgehead atoms. The van der Waals surface area contributed by atoms with Gasteiger partial charge in [0.1, 0.15) is 4.83 Å². The standard InChI is InChI=1S/C20H21N3O2S2/c1-13-14(2)27-18-17(13)19(25)23(15-8-4-3-5-9-15)20(21-18)26-12-16(24)22-10-6-7-11-22/h3-5,8-9H,6-7,10-12H2,1-2H3. The van der Waals surface area contributed by atoms with E-state index >= 15 is 0 Å². The number of aromatic nitrogens is 2. The summed E-state index contributed by atoms with van der Waals surface area (Å²) in [6.45, 7) is 5.65. The fourth-order valence-corrected chi connectivity index (χ4v) is 5.35. The van der Waals surface area contributed by atoms with Crippen LogP contribution < -0.4 is 5.56 Å². The van der Waals surface area contributed by atoms with E-state index in [1.165, 1.54) is 23.1 Å². The number of likely N-dealkylation sites (tertiary alicyclic amines) is 1. The number of hydrogen-bond acceptors (Lipinski definition) is 5. The second-order valence-corrected chi connectivity index (χ2v) is 8.86. The van der Waals surface area contributed by atoms with Crippen molar-refractivity contribution in [3.8, 4) is 5.69 Å². The molecular formula is C20H21N3O2S2. The molecule has 3 heterocycles. The van der Waals surface area contributed by atoms with Crippen LogP contribution in [-0.4, -0.2) is 39.2 Å². The predicted molar refractivity (Wildman–Crippen MR) is 111 cm³/mol. The number of benzene rings is 1. The highest BCUT2D eigenvalue weighted by atomic mass is 32.2. The van der Waals surface area contributed by atoms with Gasteiger partial charge in [0.2, 0.25) is 5.91 Å². The van der Waals surface area contributed by atoms with Crippen LogP contribution in [0.15, 0.2) is 40.3 Å². The molecule has 0 unspecified atom stereocenters. The van der Waals surface area contributed by atoms with Crippen LogP contribution in [0.25, 0.3) is 15.9 Å². The summed E-state index contributed by atoms with van der Waals surface area (Å²) >= 11 is 2.89. The Kier molecular flexibility index (Phi) is 5.06. The zero-order valence-electron chi connectivity index (χ0n) is 15.4. The van der Waals surface area contributed by atoms with E-state index in [-0.39, 0.29) is 11.5 Å². The molecule has 1 fully saturated rings. The van der Waals surface area contributed by atoms with Crippen LogP contribution >= 0.6 is 23.1 Å². The number of nitrogens with zero attached hydrogens (tertiary/aromatic N) is 3. The zero-order valence-corrected chi connectivity index (χ0v) is 17.0. The molecule has 0 N–H and O–H groups in total. The number of carbonyl (C=O) groups is 1. The van der Waals surface area contributed by atoms with Crippen LogP contribution in [0.1, 0.15) is 23.3 Å². The molecule has 0 aliphatic carbocycles. The van der Waals surface area contributed by atoms with E-state index < -0.39 is 0 Å². The first-order valence-corrected chi connectivity index (χ1v) is 10.8. The van der Waals surface area contributed by atoms with E-state index in [2.05, 4.69) is 0 Å². The Bertz CT molecular complexity index is 1050. The van der Waals surface area contributed by atoms with Gasteiger partial charge in [-0.15, -0.1) is 11.3 Å². The van der Waals surface area contributed by atoms with E-state index in [1.54, 1.807) is 4.57 Å². The molecule has 27 heavy (non-hydrogen) atoms. The number of thioether (sulfide) groups is 1. The topological polar surface area (TPSA) is 55.2 Å². The molecule has 0 atom stereocenters. The van der Waals surface area contributed by atoms with E-state index in [0.29, 0.717) is 16.3 Å². The van der Waals surface area contributed by atoms with E-state index in [0.717, 1.165) is 46.9 Å².